The number of nitrogens with zero attached hydrogens (tertiary/aromatic N) is 2. The van der Waals surface area contributed by atoms with Crippen molar-refractivity contribution < 1.29 is 24.1 Å². The molecule has 2 aromatic heterocycles. The Kier molecular flexibility index (Phi) is 4.22. The summed E-state index contributed by atoms with van der Waals surface area (Å²) in [5.41, 5.74) is 1.93. The molecule has 0 saturated heterocycles. The number of pyridine rings is 2. The number of aromatic nitrogens is 2. The van der Waals surface area contributed by atoms with Gasteiger partial charge in [-0.1, -0.05) is 6.92 Å². The first-order valence-electron chi connectivity index (χ1n) is 10.1. The van der Waals surface area contributed by atoms with Gasteiger partial charge in [0.15, 0.2) is 5.60 Å². The minimum Gasteiger partial charge on any atom is -0.497 e. The topological polar surface area (TPSA) is 99.9 Å². The Morgan fingerprint density at radius 1 is 1.26 bits per heavy atom. The van der Waals surface area contributed by atoms with E-state index < -0.39 is 17.9 Å². The molecule has 1 unspecified atom stereocenters. The van der Waals surface area contributed by atoms with Gasteiger partial charge in [-0.05, 0) is 43.2 Å². The van der Waals surface area contributed by atoms with Crippen molar-refractivity contribution >= 4 is 16.9 Å². The average molecular weight is 422 g/mol. The lowest BCUT2D eigenvalue weighted by atomic mass is 9.85. The number of cyclic esters (lactones) is 1. The van der Waals surface area contributed by atoms with Crippen molar-refractivity contribution in [2.75, 3.05) is 14.2 Å². The minimum absolute atomic E-state index is 0.0646. The number of hydrogen-bond donors (Lipinski definition) is 1. The van der Waals surface area contributed by atoms with E-state index >= 15 is 0 Å². The van der Waals surface area contributed by atoms with Crippen LogP contribution in [0.5, 0.6) is 5.75 Å². The lowest BCUT2D eigenvalue weighted by molar-refractivity contribution is -0.205. The van der Waals surface area contributed by atoms with Crippen LogP contribution in [-0.2, 0) is 26.4 Å². The Morgan fingerprint density at radius 2 is 2.03 bits per heavy atom. The van der Waals surface area contributed by atoms with E-state index in [1.807, 2.05) is 25.1 Å². The van der Waals surface area contributed by atoms with Gasteiger partial charge in [0, 0.05) is 23.6 Å². The lowest BCUT2D eigenvalue weighted by Crippen LogP contribution is -2.46. The molecule has 160 valence electrons. The number of carbonyl (C=O) groups excluding carboxylic acids is 1. The highest BCUT2D eigenvalue weighted by Gasteiger charge is 2.49. The number of methoxy groups -OCH3 is 2. The zero-order valence-corrected chi connectivity index (χ0v) is 17.7. The first-order chi connectivity index (χ1) is 14.8. The molecule has 2 aliphatic rings. The summed E-state index contributed by atoms with van der Waals surface area (Å²) in [6.45, 7) is 3.94. The molecule has 2 atom stereocenters. The number of benzene rings is 1. The Bertz CT molecular complexity index is 1330. The maximum atomic E-state index is 13.4. The van der Waals surface area contributed by atoms with Crippen molar-refractivity contribution in [1.29, 1.82) is 0 Å². The fourth-order valence-electron chi connectivity index (χ4n) is 4.56. The molecule has 0 spiro atoms. The van der Waals surface area contributed by atoms with Crippen molar-refractivity contribution in [3.05, 3.63) is 56.9 Å². The molecular formula is C23H22N2O6. The van der Waals surface area contributed by atoms with Gasteiger partial charge in [-0.25, -0.2) is 9.78 Å². The van der Waals surface area contributed by atoms with Crippen LogP contribution in [0.2, 0.25) is 0 Å². The summed E-state index contributed by atoms with van der Waals surface area (Å²) in [6, 6.07) is 7.50. The summed E-state index contributed by atoms with van der Waals surface area (Å²) in [6.07, 6.45) is -1.10. The molecule has 0 bridgehead atoms. The molecule has 5 rings (SSSR count). The van der Waals surface area contributed by atoms with Gasteiger partial charge in [0.25, 0.3) is 5.56 Å². The molecule has 0 amide bonds. The van der Waals surface area contributed by atoms with Crippen molar-refractivity contribution in [2.24, 2.45) is 0 Å². The molecule has 0 radical (unpaired) electrons. The molecule has 8 heteroatoms. The zero-order valence-electron chi connectivity index (χ0n) is 17.7. The quantitative estimate of drug-likeness (QED) is 0.507. The van der Waals surface area contributed by atoms with E-state index in [1.165, 1.54) is 7.11 Å². The van der Waals surface area contributed by atoms with E-state index in [1.54, 1.807) is 24.7 Å². The van der Waals surface area contributed by atoms with Crippen LogP contribution in [0.3, 0.4) is 0 Å². The van der Waals surface area contributed by atoms with Crippen LogP contribution in [0.25, 0.3) is 22.3 Å². The minimum atomic E-state index is -1.91. The second-order valence-electron chi connectivity index (χ2n) is 7.95. The van der Waals surface area contributed by atoms with Crippen molar-refractivity contribution in [3.8, 4) is 17.1 Å². The van der Waals surface area contributed by atoms with Crippen LogP contribution >= 0.6 is 0 Å². The van der Waals surface area contributed by atoms with E-state index in [0.29, 0.717) is 17.9 Å². The van der Waals surface area contributed by atoms with E-state index in [4.69, 9.17) is 19.2 Å². The molecule has 1 aromatic carbocycles. The summed E-state index contributed by atoms with van der Waals surface area (Å²) in [7, 11) is 2.97. The van der Waals surface area contributed by atoms with Gasteiger partial charge in [0.05, 0.1) is 36.1 Å². The highest BCUT2D eigenvalue weighted by atomic mass is 16.7. The van der Waals surface area contributed by atoms with Gasteiger partial charge < -0.3 is 23.9 Å². The molecule has 0 aliphatic carbocycles. The Labute approximate surface area is 178 Å². The van der Waals surface area contributed by atoms with Crippen molar-refractivity contribution in [2.45, 2.75) is 38.7 Å². The number of aliphatic hydroxyl groups is 1. The molecule has 31 heavy (non-hydrogen) atoms. The van der Waals surface area contributed by atoms with E-state index in [-0.39, 0.29) is 23.1 Å². The highest BCUT2D eigenvalue weighted by Crippen LogP contribution is 2.42. The van der Waals surface area contributed by atoms with Gasteiger partial charge in [-0.3, -0.25) is 4.79 Å². The van der Waals surface area contributed by atoms with Crippen molar-refractivity contribution in [3.63, 3.8) is 0 Å². The largest absolute Gasteiger partial charge is 0.497 e. The molecule has 0 fully saturated rings. The predicted octanol–water partition coefficient (Wildman–Crippen LogP) is 2.54. The second-order valence-corrected chi connectivity index (χ2v) is 7.95. The van der Waals surface area contributed by atoms with Gasteiger partial charge in [-0.15, -0.1) is 0 Å². The maximum Gasteiger partial charge on any atom is 0.345 e. The third kappa shape index (κ3) is 2.58. The van der Waals surface area contributed by atoms with Gasteiger partial charge >= 0.3 is 5.97 Å². The third-order valence-electron chi connectivity index (χ3n) is 6.26. The smallest absolute Gasteiger partial charge is 0.345 e. The van der Waals surface area contributed by atoms with Gasteiger partial charge in [0.2, 0.25) is 6.29 Å². The summed E-state index contributed by atoms with van der Waals surface area (Å²) in [5.74, 6) is -0.0900. The number of fused-ring (bicyclic) bond motifs is 5. The van der Waals surface area contributed by atoms with E-state index in [2.05, 4.69) is 0 Å². The summed E-state index contributed by atoms with van der Waals surface area (Å²) < 4.78 is 17.4. The SMILES string of the molecule is CC[C@@]1(O)C(=O)OC(OC)c2c1cc1n(c2=O)Cc2cc3cc(OC)cc(C)c3nc2-1. The number of carbonyl (C=O) groups is 1. The molecular weight excluding hydrogens is 400 g/mol. The Morgan fingerprint density at radius 3 is 2.71 bits per heavy atom. The molecule has 8 nitrogen and oxygen atoms in total. The highest BCUT2D eigenvalue weighted by molar-refractivity contribution is 5.88. The zero-order chi connectivity index (χ0) is 22.1. The molecule has 3 aromatic rings. The molecule has 2 aliphatic heterocycles. The number of hydrogen-bond acceptors (Lipinski definition) is 7. The van der Waals surface area contributed by atoms with Crippen LogP contribution in [-0.4, -0.2) is 34.8 Å². The first-order valence-corrected chi connectivity index (χ1v) is 10.1. The van der Waals surface area contributed by atoms with Gasteiger partial charge in [-0.2, -0.15) is 0 Å². The number of ether oxygens (including phenoxy) is 3. The number of esters is 1. The monoisotopic (exact) mass is 422 g/mol. The summed E-state index contributed by atoms with van der Waals surface area (Å²) in [4.78, 5) is 30.8. The maximum absolute atomic E-state index is 13.4. The Balaban J connectivity index is 1.80. The molecule has 4 heterocycles. The normalized spacial score (nSPS) is 21.5. The fourth-order valence-corrected chi connectivity index (χ4v) is 4.56. The second kappa shape index (κ2) is 6.63. The first kappa shape index (κ1) is 19.7. The van der Waals surface area contributed by atoms with Crippen LogP contribution in [0.1, 0.15) is 41.9 Å². The summed E-state index contributed by atoms with van der Waals surface area (Å²) >= 11 is 0. The van der Waals surface area contributed by atoms with Crippen LogP contribution in [0.15, 0.2) is 29.1 Å². The molecule has 1 N–H and O–H groups in total. The van der Waals surface area contributed by atoms with Crippen LogP contribution < -0.4 is 10.3 Å². The Hall–Kier alpha value is -3.23. The fraction of sp³-hybridized carbons (Fsp3) is 0.348. The predicted molar refractivity (Wildman–Crippen MR) is 112 cm³/mol. The van der Waals surface area contributed by atoms with Gasteiger partial charge in [0.1, 0.15) is 5.75 Å². The van der Waals surface area contributed by atoms with E-state index in [9.17, 15) is 14.7 Å². The average Bonchev–Trinajstić information content (AvgIpc) is 3.13. The molecule has 0 saturated carbocycles. The van der Waals surface area contributed by atoms with E-state index in [0.717, 1.165) is 27.8 Å². The number of aryl methyl sites for hydroxylation is 1. The number of rotatable bonds is 3. The third-order valence-corrected chi connectivity index (χ3v) is 6.26. The summed E-state index contributed by atoms with van der Waals surface area (Å²) in [5, 5.41) is 12.0. The van der Waals surface area contributed by atoms with Crippen LogP contribution in [0, 0.1) is 6.92 Å². The van der Waals surface area contributed by atoms with Crippen molar-refractivity contribution in [1.82, 2.24) is 9.55 Å². The standard InChI is InChI=1S/C23H22N2O6/c1-5-23(28)15-9-16-19-13(7-12-8-14(29-3)6-11(2)18(12)24-19)10-25(16)20(26)17(15)21(30-4)31-22(23)27/h6-9,21,28H,5,10H2,1-4H3/t21?,23-/m0/s1. The van der Waals surface area contributed by atoms with Crippen LogP contribution in [0.4, 0.5) is 0 Å². The lowest BCUT2D eigenvalue weighted by Gasteiger charge is -2.35.